The lowest BCUT2D eigenvalue weighted by Crippen LogP contribution is -2.29. The Balaban J connectivity index is 0.000000182. The maximum absolute atomic E-state index is 15.3. The Bertz CT molecular complexity index is 2970. The minimum Gasteiger partial charge on any atom is -0.395 e. The molecule has 20 heteroatoms. The number of halogens is 6. The molecule has 396 valence electrons. The number of anilines is 1. The summed E-state index contributed by atoms with van der Waals surface area (Å²) in [5.41, 5.74) is 0.833. The molecule has 6 aromatic rings. The largest absolute Gasteiger partial charge is 0.586 e. The summed E-state index contributed by atoms with van der Waals surface area (Å²) in [7, 11) is 0. The lowest BCUT2D eigenvalue weighted by Gasteiger charge is -2.26. The lowest BCUT2D eigenvalue weighted by atomic mass is 9.86. The molecule has 4 heterocycles. The van der Waals surface area contributed by atoms with Crippen LogP contribution in [0.5, 0.6) is 23.0 Å². The second-order valence-electron chi connectivity index (χ2n) is 21.0. The topological polar surface area (TPSA) is 194 Å². The van der Waals surface area contributed by atoms with Crippen molar-refractivity contribution in [1.82, 2.24) is 9.13 Å². The van der Waals surface area contributed by atoms with Crippen molar-refractivity contribution in [2.45, 2.75) is 133 Å². The van der Waals surface area contributed by atoms with Gasteiger partial charge >= 0.3 is 12.6 Å². The van der Waals surface area contributed by atoms with Gasteiger partial charge in [0, 0.05) is 45.5 Å². The number of carbonyl (C=O) groups is 2. The van der Waals surface area contributed by atoms with E-state index in [0.29, 0.717) is 58.9 Å². The number of Topliss-reactive ketones (excluding diaryl/α,β-unsaturated/α-hetero) is 1. The number of nitrogens with zero attached hydrogens (tertiary/aromatic N) is 2. The molecule has 74 heavy (non-hydrogen) atoms. The van der Waals surface area contributed by atoms with E-state index in [4.69, 9.17) is 0 Å². The zero-order chi connectivity index (χ0) is 53.5. The van der Waals surface area contributed by atoms with E-state index in [-0.39, 0.29) is 71.6 Å². The number of benzene rings is 4. The van der Waals surface area contributed by atoms with E-state index < -0.39 is 71.8 Å². The van der Waals surface area contributed by atoms with Crippen LogP contribution in [0.25, 0.3) is 21.8 Å². The van der Waals surface area contributed by atoms with E-state index in [9.17, 15) is 52.7 Å². The molecular weight excluding hydrogens is 981 g/mol. The predicted molar refractivity (Wildman–Crippen MR) is 258 cm³/mol. The highest BCUT2D eigenvalue weighted by Crippen LogP contribution is 2.54. The van der Waals surface area contributed by atoms with Crippen LogP contribution in [0.2, 0.25) is 0 Å². The Kier molecular flexibility index (Phi) is 13.4. The van der Waals surface area contributed by atoms with Crippen molar-refractivity contribution < 1.29 is 80.4 Å². The molecule has 2 atom stereocenters. The monoisotopic (exact) mass is 1040 g/mol. The highest BCUT2D eigenvalue weighted by atomic mass is 19.3. The van der Waals surface area contributed by atoms with E-state index in [1.165, 1.54) is 48.5 Å². The molecule has 10 rings (SSSR count). The number of alkyl halides is 4. The van der Waals surface area contributed by atoms with Gasteiger partial charge in [0.1, 0.15) is 17.4 Å². The van der Waals surface area contributed by atoms with Gasteiger partial charge < -0.3 is 58.9 Å². The molecule has 4 aromatic carbocycles. The molecule has 0 unspecified atom stereocenters. The quantitative estimate of drug-likeness (QED) is 0.0481. The van der Waals surface area contributed by atoms with Crippen LogP contribution in [0.4, 0.5) is 32.0 Å². The number of rotatable bonds is 17. The summed E-state index contributed by atoms with van der Waals surface area (Å²) in [5.74, 6) is -2.43. The van der Waals surface area contributed by atoms with E-state index in [0.717, 1.165) is 17.5 Å². The number of nitrogens with one attached hydrogen (secondary N) is 1. The Morgan fingerprint density at radius 3 is 1.57 bits per heavy atom. The Morgan fingerprint density at radius 1 is 0.635 bits per heavy atom. The molecule has 0 saturated heterocycles. The van der Waals surface area contributed by atoms with Crippen molar-refractivity contribution in [3.8, 4) is 23.0 Å². The van der Waals surface area contributed by atoms with Gasteiger partial charge in [0.15, 0.2) is 23.0 Å². The third kappa shape index (κ3) is 9.77. The highest BCUT2D eigenvalue weighted by molar-refractivity contribution is 6.03. The molecule has 6 N–H and O–H groups in total. The zero-order valence-corrected chi connectivity index (χ0v) is 41.2. The summed E-state index contributed by atoms with van der Waals surface area (Å²) in [4.78, 5) is 26.7. The first-order valence-corrected chi connectivity index (χ1v) is 24.3. The normalized spacial score (nSPS) is 18.2. The first-order valence-electron chi connectivity index (χ1n) is 24.3. The third-order valence-corrected chi connectivity index (χ3v) is 14.9. The molecule has 4 aliphatic rings. The second-order valence-corrected chi connectivity index (χ2v) is 21.0. The maximum atomic E-state index is 15.3. The summed E-state index contributed by atoms with van der Waals surface area (Å²) >= 11 is 0. The molecule has 0 spiro atoms. The number of carbonyl (C=O) groups excluding carboxylic acids is 2. The molecule has 2 aliphatic carbocycles. The fourth-order valence-electron chi connectivity index (χ4n) is 9.86. The van der Waals surface area contributed by atoms with Crippen LogP contribution >= 0.6 is 0 Å². The van der Waals surface area contributed by atoms with Gasteiger partial charge in [-0.25, -0.2) is 8.78 Å². The van der Waals surface area contributed by atoms with Gasteiger partial charge in [-0.15, -0.1) is 17.6 Å². The molecule has 0 bridgehead atoms. The van der Waals surface area contributed by atoms with Crippen LogP contribution in [-0.4, -0.2) is 91.0 Å². The smallest absolute Gasteiger partial charge is 0.395 e. The number of amides is 1. The highest BCUT2D eigenvalue weighted by Gasteiger charge is 2.54. The Labute approximate surface area is 421 Å². The van der Waals surface area contributed by atoms with Gasteiger partial charge in [-0.1, -0.05) is 46.8 Å². The summed E-state index contributed by atoms with van der Waals surface area (Å²) < 4.78 is 106. The Morgan fingerprint density at radius 2 is 1.09 bits per heavy atom. The summed E-state index contributed by atoms with van der Waals surface area (Å²) in [6.45, 7) is 8.72. The Hall–Kier alpha value is -6.32. The minimum atomic E-state index is -3.77. The predicted octanol–water partition coefficient (Wildman–Crippen LogP) is 8.38. The van der Waals surface area contributed by atoms with Crippen LogP contribution < -0.4 is 24.3 Å². The number of hydrogen-bond donors (Lipinski definition) is 6. The number of ketones is 1. The van der Waals surface area contributed by atoms with E-state index in [1.54, 1.807) is 36.6 Å². The van der Waals surface area contributed by atoms with Crippen LogP contribution in [0.1, 0.15) is 94.8 Å². The number of aliphatic hydroxyl groups is 5. The fourth-order valence-corrected chi connectivity index (χ4v) is 9.86. The second kappa shape index (κ2) is 18.8. The van der Waals surface area contributed by atoms with Crippen molar-refractivity contribution in [2.24, 2.45) is 0 Å². The number of fused-ring (bicyclic) bond motifs is 4. The van der Waals surface area contributed by atoms with Crippen molar-refractivity contribution in [3.05, 3.63) is 113 Å². The van der Waals surface area contributed by atoms with Gasteiger partial charge in [-0.2, -0.15) is 0 Å². The van der Waals surface area contributed by atoms with Crippen molar-refractivity contribution in [1.29, 1.82) is 0 Å². The van der Waals surface area contributed by atoms with E-state index in [2.05, 4.69) is 38.1 Å². The van der Waals surface area contributed by atoms with Gasteiger partial charge in [-0.05, 0) is 103 Å². The van der Waals surface area contributed by atoms with Gasteiger partial charge in [0.2, 0.25) is 5.91 Å². The van der Waals surface area contributed by atoms with Crippen molar-refractivity contribution in [2.75, 3.05) is 25.1 Å². The minimum absolute atomic E-state index is 0.0177. The van der Waals surface area contributed by atoms with Crippen LogP contribution in [-0.2, 0) is 50.8 Å². The van der Waals surface area contributed by atoms with Gasteiger partial charge in [-0.3, -0.25) is 9.59 Å². The lowest BCUT2D eigenvalue weighted by molar-refractivity contribution is -0.287. The molecular formula is C54H57F6N3O11. The summed E-state index contributed by atoms with van der Waals surface area (Å²) in [5, 5.41) is 52.7. The number of aromatic nitrogens is 2. The number of ether oxygens (including phenoxy) is 4. The standard InChI is InChI=1S/C28H30F3NO5.C26H27F3N2O6/c1-4-26(2,3)24-10-17-9-16(20(29)13-21(17)32(24)14-19(34)15-33)11-25(35)27(7-8-27)18-5-6-22-23(12-18)37-28(30,31)36-22;1-24(2,13-33)22-8-14-7-18(17(27)10-19(14)31(22)11-16(34)12-32)30-23(35)25(5-6-25)15-3-4-20-21(9-15)37-26(28,29)36-20/h5-6,9-10,12-13,19,33-34H,4,7-8,11,14-15H2,1-3H3;3-4,7-10,16,32-34H,5-6,11-13H2,1-2H3,(H,30,35)/t19-;16-/m11/s1. The molecule has 2 saturated carbocycles. The van der Waals surface area contributed by atoms with Crippen LogP contribution in [0.3, 0.4) is 0 Å². The molecule has 2 aromatic heterocycles. The number of aliphatic hydroxyl groups excluding tert-OH is 5. The molecule has 2 aliphatic heterocycles. The molecule has 14 nitrogen and oxygen atoms in total. The number of hydrogen-bond acceptors (Lipinski definition) is 11. The zero-order valence-electron chi connectivity index (χ0n) is 41.2. The average Bonchev–Trinajstić information content (AvgIpc) is 4.22. The molecule has 2 fully saturated rings. The summed E-state index contributed by atoms with van der Waals surface area (Å²) in [6, 6.07) is 18.0. The van der Waals surface area contributed by atoms with Crippen molar-refractivity contribution >= 4 is 39.2 Å². The van der Waals surface area contributed by atoms with Crippen LogP contribution in [0, 0.1) is 11.6 Å². The first-order chi connectivity index (χ1) is 34.8. The average molecular weight is 1040 g/mol. The van der Waals surface area contributed by atoms with Gasteiger partial charge in [0.25, 0.3) is 0 Å². The van der Waals surface area contributed by atoms with E-state index >= 15 is 8.78 Å². The SMILES string of the molecule is CC(C)(CO)c1cc2cc(NC(=O)C3(c4ccc5c(c4)OC(F)(F)O5)CC3)c(F)cc2n1C[C@@H](O)CO.CCC(C)(C)c1cc2cc(CC(=O)C3(c4ccc5c(c4)OC(F)(F)O5)CC3)c(F)cc2n1C[C@@H](O)CO. The maximum Gasteiger partial charge on any atom is 0.586 e. The third-order valence-electron chi connectivity index (χ3n) is 14.9. The van der Waals surface area contributed by atoms with Crippen molar-refractivity contribution in [3.63, 3.8) is 0 Å². The first kappa shape index (κ1) is 52.5. The summed E-state index contributed by atoms with van der Waals surface area (Å²) in [6.07, 6.45) is -6.98. The fraction of sp³-hybridized carbons (Fsp3) is 0.444. The van der Waals surface area contributed by atoms with E-state index in [1.807, 2.05) is 17.6 Å². The van der Waals surface area contributed by atoms with Gasteiger partial charge in [0.05, 0.1) is 72.7 Å². The van der Waals surface area contributed by atoms with Crippen LogP contribution in [0.15, 0.2) is 72.8 Å². The molecule has 0 radical (unpaired) electrons. The molecule has 1 amide bonds.